The van der Waals surface area contributed by atoms with E-state index >= 15 is 0 Å². The molecule has 0 aliphatic heterocycles. The Balaban J connectivity index is 3.70. The van der Waals surface area contributed by atoms with Crippen molar-refractivity contribution in [3.63, 3.8) is 0 Å². The quantitative estimate of drug-likeness (QED) is 0.198. The van der Waals surface area contributed by atoms with Gasteiger partial charge >= 0.3 is 0 Å². The van der Waals surface area contributed by atoms with Crippen LogP contribution in [0.1, 0.15) is 117 Å². The summed E-state index contributed by atoms with van der Waals surface area (Å²) in [4.78, 5) is 12.0. The van der Waals surface area contributed by atoms with E-state index in [0.29, 0.717) is 5.78 Å². The van der Waals surface area contributed by atoms with Gasteiger partial charge in [-0.3, -0.25) is 4.79 Å². The van der Waals surface area contributed by atoms with E-state index in [4.69, 9.17) is 0 Å². The van der Waals surface area contributed by atoms with Crippen LogP contribution in [0.5, 0.6) is 0 Å². The Morgan fingerprint density at radius 2 is 1.13 bits per heavy atom. The van der Waals surface area contributed by atoms with Crippen molar-refractivity contribution in [2.24, 2.45) is 5.41 Å². The first kappa shape index (κ1) is 22.4. The Morgan fingerprint density at radius 1 is 0.739 bits per heavy atom. The largest absolute Gasteiger partial charge is 0.299 e. The summed E-state index contributed by atoms with van der Waals surface area (Å²) >= 11 is 0. The minimum absolute atomic E-state index is 0.241. The smallest absolute Gasteiger partial charge is 0.139 e. The van der Waals surface area contributed by atoms with Crippen LogP contribution in [0.3, 0.4) is 0 Å². The Labute approximate surface area is 146 Å². The van der Waals surface area contributed by atoms with Crippen molar-refractivity contribution in [3.8, 4) is 0 Å². The van der Waals surface area contributed by atoms with Gasteiger partial charge in [-0.15, -0.1) is 6.58 Å². The van der Waals surface area contributed by atoms with Gasteiger partial charge in [-0.05, 0) is 19.8 Å². The lowest BCUT2D eigenvalue weighted by atomic mass is 9.75. The van der Waals surface area contributed by atoms with Crippen LogP contribution in [0, 0.1) is 5.41 Å². The predicted molar refractivity (Wildman–Crippen MR) is 104 cm³/mol. The molecular weight excluding hydrogens is 280 g/mol. The van der Waals surface area contributed by atoms with Crippen LogP contribution in [-0.4, -0.2) is 5.78 Å². The third-order valence-corrected chi connectivity index (χ3v) is 5.29. The molecule has 0 radical (unpaired) electrons. The highest BCUT2D eigenvalue weighted by Gasteiger charge is 2.30. The van der Waals surface area contributed by atoms with Gasteiger partial charge in [-0.1, -0.05) is 103 Å². The van der Waals surface area contributed by atoms with Gasteiger partial charge in [0.25, 0.3) is 0 Å². The summed E-state index contributed by atoms with van der Waals surface area (Å²) in [5.41, 5.74) is -0.241. The van der Waals surface area contributed by atoms with E-state index in [1.165, 1.54) is 70.6 Å². The molecule has 0 spiro atoms. The van der Waals surface area contributed by atoms with Crippen molar-refractivity contribution in [1.82, 2.24) is 0 Å². The fourth-order valence-electron chi connectivity index (χ4n) is 3.42. The number of hydrogen-bond acceptors (Lipinski definition) is 1. The molecule has 0 aliphatic rings. The van der Waals surface area contributed by atoms with Gasteiger partial charge in [0.1, 0.15) is 5.78 Å². The standard InChI is InChI=1S/C22H42O/c1-5-8-10-11-12-13-14-15-16-17-18-20-22(7-3,21(4)23)19-9-6-2/h7H,3,5-6,8-20H2,1-2,4H3. The Morgan fingerprint density at radius 3 is 1.52 bits per heavy atom. The normalized spacial score (nSPS) is 13.7. The van der Waals surface area contributed by atoms with E-state index < -0.39 is 0 Å². The van der Waals surface area contributed by atoms with Crippen molar-refractivity contribution in [2.45, 2.75) is 117 Å². The van der Waals surface area contributed by atoms with E-state index in [-0.39, 0.29) is 5.41 Å². The molecule has 0 aromatic rings. The van der Waals surface area contributed by atoms with E-state index in [1.807, 2.05) is 6.08 Å². The zero-order chi connectivity index (χ0) is 17.4. The molecular formula is C22H42O. The second-order valence-corrected chi connectivity index (χ2v) is 7.31. The maximum Gasteiger partial charge on any atom is 0.139 e. The summed E-state index contributed by atoms with van der Waals surface area (Å²) in [6, 6.07) is 0. The molecule has 1 atom stereocenters. The molecule has 0 bridgehead atoms. The zero-order valence-electron chi connectivity index (χ0n) is 16.3. The number of ketones is 1. The van der Waals surface area contributed by atoms with Crippen molar-refractivity contribution in [3.05, 3.63) is 12.7 Å². The van der Waals surface area contributed by atoms with Crippen molar-refractivity contribution in [2.75, 3.05) is 0 Å². The van der Waals surface area contributed by atoms with Crippen molar-refractivity contribution < 1.29 is 4.79 Å². The molecule has 0 rings (SSSR count). The summed E-state index contributed by atoms with van der Waals surface area (Å²) in [6.45, 7) is 10.2. The molecule has 0 aromatic carbocycles. The number of hydrogen-bond donors (Lipinski definition) is 0. The molecule has 0 aromatic heterocycles. The van der Waals surface area contributed by atoms with Gasteiger partial charge in [0.2, 0.25) is 0 Å². The summed E-state index contributed by atoms with van der Waals surface area (Å²) in [5.74, 6) is 0.313. The average molecular weight is 323 g/mol. The van der Waals surface area contributed by atoms with Crippen LogP contribution in [0.25, 0.3) is 0 Å². The number of unbranched alkanes of at least 4 members (excludes halogenated alkanes) is 11. The molecule has 0 saturated carbocycles. The molecule has 1 unspecified atom stereocenters. The van der Waals surface area contributed by atoms with Gasteiger partial charge in [0.15, 0.2) is 0 Å². The molecule has 136 valence electrons. The molecule has 1 nitrogen and oxygen atoms in total. The van der Waals surface area contributed by atoms with Gasteiger partial charge in [0, 0.05) is 5.41 Å². The molecule has 0 N–H and O–H groups in total. The first-order valence-electron chi connectivity index (χ1n) is 10.3. The van der Waals surface area contributed by atoms with Gasteiger partial charge < -0.3 is 0 Å². The van der Waals surface area contributed by atoms with E-state index in [2.05, 4.69) is 20.4 Å². The van der Waals surface area contributed by atoms with E-state index in [9.17, 15) is 4.79 Å². The number of allylic oxidation sites excluding steroid dienone is 1. The van der Waals surface area contributed by atoms with Crippen LogP contribution in [0.15, 0.2) is 12.7 Å². The molecule has 1 heteroatoms. The SMILES string of the molecule is C=CC(CCCC)(CCCCCCCCCCCCC)C(C)=O. The van der Waals surface area contributed by atoms with E-state index in [1.54, 1.807) is 6.92 Å². The van der Waals surface area contributed by atoms with Crippen molar-refractivity contribution >= 4 is 5.78 Å². The number of carbonyl (C=O) groups is 1. The molecule has 0 aliphatic carbocycles. The Hall–Kier alpha value is -0.590. The first-order chi connectivity index (χ1) is 11.1. The number of Topliss-reactive ketones (excluding diaryl/α,β-unsaturated/α-hetero) is 1. The zero-order valence-corrected chi connectivity index (χ0v) is 16.3. The van der Waals surface area contributed by atoms with Gasteiger partial charge in [-0.2, -0.15) is 0 Å². The third-order valence-electron chi connectivity index (χ3n) is 5.29. The summed E-state index contributed by atoms with van der Waals surface area (Å²) in [5, 5.41) is 0. The van der Waals surface area contributed by atoms with Crippen LogP contribution in [0.4, 0.5) is 0 Å². The lowest BCUT2D eigenvalue weighted by Crippen LogP contribution is -2.26. The minimum atomic E-state index is -0.241. The maximum atomic E-state index is 12.0. The third kappa shape index (κ3) is 10.7. The molecule has 23 heavy (non-hydrogen) atoms. The second kappa shape index (κ2) is 15.0. The Kier molecular flexibility index (Phi) is 14.6. The summed E-state index contributed by atoms with van der Waals surface area (Å²) in [7, 11) is 0. The fraction of sp³-hybridized carbons (Fsp3) is 0.864. The monoisotopic (exact) mass is 322 g/mol. The van der Waals surface area contributed by atoms with Gasteiger partial charge in [0.05, 0.1) is 0 Å². The molecule has 0 heterocycles. The summed E-state index contributed by atoms with van der Waals surface area (Å²) in [6.07, 6.45) is 21.1. The average Bonchev–Trinajstić information content (AvgIpc) is 2.55. The fourth-order valence-corrected chi connectivity index (χ4v) is 3.42. The lowest BCUT2D eigenvalue weighted by molar-refractivity contribution is -0.124. The van der Waals surface area contributed by atoms with Crippen LogP contribution < -0.4 is 0 Å². The highest BCUT2D eigenvalue weighted by Crippen LogP contribution is 2.33. The lowest BCUT2D eigenvalue weighted by Gasteiger charge is -2.27. The Bertz CT molecular complexity index is 294. The number of rotatable bonds is 17. The van der Waals surface area contributed by atoms with Crippen LogP contribution in [-0.2, 0) is 4.79 Å². The van der Waals surface area contributed by atoms with Gasteiger partial charge in [-0.25, -0.2) is 0 Å². The van der Waals surface area contributed by atoms with Crippen molar-refractivity contribution in [1.29, 1.82) is 0 Å². The maximum absolute atomic E-state index is 12.0. The predicted octanol–water partition coefficient (Wildman–Crippen LogP) is 7.64. The second-order valence-electron chi connectivity index (χ2n) is 7.31. The van der Waals surface area contributed by atoms with Crippen LogP contribution >= 0.6 is 0 Å². The summed E-state index contributed by atoms with van der Waals surface area (Å²) < 4.78 is 0. The number of carbonyl (C=O) groups excluding carboxylic acids is 1. The topological polar surface area (TPSA) is 17.1 Å². The molecule has 0 fully saturated rings. The highest BCUT2D eigenvalue weighted by atomic mass is 16.1. The molecule has 0 amide bonds. The highest BCUT2D eigenvalue weighted by molar-refractivity contribution is 5.84. The van der Waals surface area contributed by atoms with Crippen LogP contribution in [0.2, 0.25) is 0 Å². The molecule has 0 saturated heterocycles. The first-order valence-corrected chi connectivity index (χ1v) is 10.3. The minimum Gasteiger partial charge on any atom is -0.299 e. The van der Waals surface area contributed by atoms with E-state index in [0.717, 1.165) is 25.7 Å².